The first-order chi connectivity index (χ1) is 9.61. The Balaban J connectivity index is 2.40. The van der Waals surface area contributed by atoms with Crippen LogP contribution in [0.4, 0.5) is 0 Å². The van der Waals surface area contributed by atoms with E-state index in [-0.39, 0.29) is 23.3 Å². The summed E-state index contributed by atoms with van der Waals surface area (Å²) in [7, 11) is 0. The van der Waals surface area contributed by atoms with Gasteiger partial charge in [-0.15, -0.1) is 0 Å². The fourth-order valence-corrected chi connectivity index (χ4v) is 2.44. The zero-order chi connectivity index (χ0) is 16.2. The van der Waals surface area contributed by atoms with Gasteiger partial charge in [-0.25, -0.2) is 0 Å². The monoisotopic (exact) mass is 297 g/mol. The van der Waals surface area contributed by atoms with Gasteiger partial charge >= 0.3 is 0 Å². The molecule has 5 heteroatoms. The van der Waals surface area contributed by atoms with Crippen LogP contribution in [0.1, 0.15) is 53.9 Å². The lowest BCUT2D eigenvalue weighted by molar-refractivity contribution is -0.133. The van der Waals surface area contributed by atoms with Crippen LogP contribution < -0.4 is 11.1 Å². The lowest BCUT2D eigenvalue weighted by Crippen LogP contribution is -2.54. The Hall–Kier alpha value is -1.10. The van der Waals surface area contributed by atoms with Crippen molar-refractivity contribution in [2.45, 2.75) is 66.0 Å². The highest BCUT2D eigenvalue weighted by atomic mass is 16.2. The number of nitrogens with zero attached hydrogens (tertiary/aromatic N) is 1. The molecule has 0 aromatic carbocycles. The molecule has 0 spiro atoms. The van der Waals surface area contributed by atoms with Gasteiger partial charge in [0.15, 0.2) is 0 Å². The van der Waals surface area contributed by atoms with E-state index in [0.717, 1.165) is 25.9 Å². The van der Waals surface area contributed by atoms with Crippen molar-refractivity contribution in [1.82, 2.24) is 10.2 Å². The van der Waals surface area contributed by atoms with Gasteiger partial charge in [0, 0.05) is 25.6 Å². The van der Waals surface area contributed by atoms with Crippen molar-refractivity contribution in [3.8, 4) is 0 Å². The first-order valence-corrected chi connectivity index (χ1v) is 7.95. The molecule has 0 aromatic heterocycles. The molecule has 0 unspecified atom stereocenters. The van der Waals surface area contributed by atoms with Crippen molar-refractivity contribution in [1.29, 1.82) is 0 Å². The minimum absolute atomic E-state index is 0.0885. The quantitative estimate of drug-likeness (QED) is 0.826. The molecule has 5 nitrogen and oxygen atoms in total. The highest BCUT2D eigenvalue weighted by molar-refractivity contribution is 5.82. The molecule has 1 fully saturated rings. The number of piperidine rings is 1. The summed E-state index contributed by atoms with van der Waals surface area (Å²) >= 11 is 0. The Bertz CT molecular complexity index is 366. The lowest BCUT2D eigenvalue weighted by Gasteiger charge is -2.34. The van der Waals surface area contributed by atoms with Crippen molar-refractivity contribution in [2.24, 2.45) is 17.1 Å². The highest BCUT2D eigenvalue weighted by Gasteiger charge is 2.30. The summed E-state index contributed by atoms with van der Waals surface area (Å²) in [4.78, 5) is 26.0. The lowest BCUT2D eigenvalue weighted by atomic mass is 9.86. The average molecular weight is 297 g/mol. The number of hydrogen-bond acceptors (Lipinski definition) is 3. The summed E-state index contributed by atoms with van der Waals surface area (Å²) < 4.78 is 0. The normalized spacial score (nSPS) is 18.7. The summed E-state index contributed by atoms with van der Waals surface area (Å²) in [6, 6.07) is -0.368. The van der Waals surface area contributed by atoms with Gasteiger partial charge in [0.1, 0.15) is 0 Å². The third-order valence-corrected chi connectivity index (χ3v) is 3.99. The summed E-state index contributed by atoms with van der Waals surface area (Å²) in [6.45, 7) is 11.4. The fourth-order valence-electron chi connectivity index (χ4n) is 2.44. The van der Waals surface area contributed by atoms with Crippen LogP contribution in [-0.4, -0.2) is 41.9 Å². The number of rotatable bonds is 4. The molecule has 1 aliphatic rings. The van der Waals surface area contributed by atoms with E-state index in [0.29, 0.717) is 12.3 Å². The maximum Gasteiger partial charge on any atom is 0.237 e. The van der Waals surface area contributed by atoms with Crippen LogP contribution in [0.25, 0.3) is 0 Å². The van der Waals surface area contributed by atoms with Crippen molar-refractivity contribution in [3.63, 3.8) is 0 Å². The molecule has 0 aliphatic carbocycles. The first kappa shape index (κ1) is 18.0. The Morgan fingerprint density at radius 2 is 1.76 bits per heavy atom. The second-order valence-electron chi connectivity index (χ2n) is 7.61. The molecule has 0 radical (unpaired) electrons. The van der Waals surface area contributed by atoms with E-state index < -0.39 is 6.04 Å². The smallest absolute Gasteiger partial charge is 0.237 e. The van der Waals surface area contributed by atoms with E-state index in [4.69, 9.17) is 5.73 Å². The summed E-state index contributed by atoms with van der Waals surface area (Å²) in [5.41, 5.74) is 5.73. The van der Waals surface area contributed by atoms with Crippen molar-refractivity contribution < 1.29 is 9.59 Å². The third kappa shape index (κ3) is 5.65. The fraction of sp³-hybridized carbons (Fsp3) is 0.875. The minimum Gasteiger partial charge on any atom is -0.352 e. The first-order valence-electron chi connectivity index (χ1n) is 7.95. The predicted octanol–water partition coefficient (Wildman–Crippen LogP) is 1.51. The number of hydrogen-bond donors (Lipinski definition) is 2. The molecule has 21 heavy (non-hydrogen) atoms. The molecule has 0 aromatic rings. The van der Waals surface area contributed by atoms with E-state index in [9.17, 15) is 9.59 Å². The van der Waals surface area contributed by atoms with Gasteiger partial charge in [0.25, 0.3) is 0 Å². The van der Waals surface area contributed by atoms with Crippen LogP contribution in [-0.2, 0) is 9.59 Å². The molecule has 1 rings (SSSR count). The zero-order valence-electron chi connectivity index (χ0n) is 14.1. The molecule has 0 bridgehead atoms. The third-order valence-electron chi connectivity index (χ3n) is 3.99. The number of carbonyl (C=O) groups is 2. The second kappa shape index (κ2) is 7.25. The molecule has 1 heterocycles. The maximum absolute atomic E-state index is 12.1. The largest absolute Gasteiger partial charge is 0.352 e. The SMILES string of the molecule is CC(C)CC(=O)N1CCC(NC(=O)[C@@H](N)C(C)(C)C)CC1. The number of nitrogens with one attached hydrogen (secondary N) is 1. The van der Waals surface area contributed by atoms with Crippen molar-refractivity contribution in [3.05, 3.63) is 0 Å². The highest BCUT2D eigenvalue weighted by Crippen LogP contribution is 2.19. The van der Waals surface area contributed by atoms with Crippen molar-refractivity contribution >= 4 is 11.8 Å². The molecular formula is C16H31N3O2. The standard InChI is InChI=1S/C16H31N3O2/c1-11(2)10-13(20)19-8-6-12(7-9-19)18-15(21)14(17)16(3,4)5/h11-12,14H,6-10,17H2,1-5H3,(H,18,21)/t14-/m1/s1. The van der Waals surface area contributed by atoms with Gasteiger partial charge in [0.05, 0.1) is 6.04 Å². The van der Waals surface area contributed by atoms with Crippen LogP contribution >= 0.6 is 0 Å². The van der Waals surface area contributed by atoms with Gasteiger partial charge in [-0.2, -0.15) is 0 Å². The molecule has 2 amide bonds. The van der Waals surface area contributed by atoms with Gasteiger partial charge in [0.2, 0.25) is 11.8 Å². The van der Waals surface area contributed by atoms with E-state index >= 15 is 0 Å². The predicted molar refractivity (Wildman–Crippen MR) is 84.6 cm³/mol. The summed E-state index contributed by atoms with van der Waals surface area (Å²) in [6.07, 6.45) is 2.23. The number of amides is 2. The molecule has 122 valence electrons. The van der Waals surface area contributed by atoms with Crippen LogP contribution in [0.3, 0.4) is 0 Å². The Kier molecular flexibility index (Phi) is 6.20. The van der Waals surface area contributed by atoms with Crippen molar-refractivity contribution in [2.75, 3.05) is 13.1 Å². The maximum atomic E-state index is 12.1. The topological polar surface area (TPSA) is 75.4 Å². The second-order valence-corrected chi connectivity index (χ2v) is 7.61. The van der Waals surface area contributed by atoms with E-state index in [2.05, 4.69) is 19.2 Å². The van der Waals surface area contributed by atoms with Gasteiger partial charge in [-0.05, 0) is 24.2 Å². The molecule has 3 N–H and O–H groups in total. The number of nitrogens with two attached hydrogens (primary N) is 1. The van der Waals surface area contributed by atoms with Crippen LogP contribution in [0.15, 0.2) is 0 Å². The van der Waals surface area contributed by atoms with Crippen LogP contribution in [0.5, 0.6) is 0 Å². The molecular weight excluding hydrogens is 266 g/mol. The van der Waals surface area contributed by atoms with Gasteiger partial charge in [-0.1, -0.05) is 34.6 Å². The minimum atomic E-state index is -0.502. The summed E-state index contributed by atoms with van der Waals surface area (Å²) in [5, 5.41) is 3.02. The Labute approximate surface area is 128 Å². The van der Waals surface area contributed by atoms with Gasteiger partial charge < -0.3 is 16.0 Å². The van der Waals surface area contributed by atoms with E-state index in [1.54, 1.807) is 0 Å². The Morgan fingerprint density at radius 3 is 2.19 bits per heavy atom. The number of likely N-dealkylation sites (tertiary alicyclic amines) is 1. The average Bonchev–Trinajstić information content (AvgIpc) is 2.36. The van der Waals surface area contributed by atoms with Gasteiger partial charge in [-0.3, -0.25) is 9.59 Å². The van der Waals surface area contributed by atoms with E-state index in [1.807, 2.05) is 25.7 Å². The zero-order valence-corrected chi connectivity index (χ0v) is 14.1. The molecule has 1 aliphatic heterocycles. The van der Waals surface area contributed by atoms with Crippen LogP contribution in [0.2, 0.25) is 0 Å². The summed E-state index contributed by atoms with van der Waals surface area (Å²) in [5.74, 6) is 0.523. The molecule has 1 atom stereocenters. The molecule has 0 saturated carbocycles. The van der Waals surface area contributed by atoms with Crippen LogP contribution in [0, 0.1) is 11.3 Å². The Morgan fingerprint density at radius 1 is 1.24 bits per heavy atom. The molecule has 1 saturated heterocycles. The number of carbonyl (C=O) groups excluding carboxylic acids is 2. The van der Waals surface area contributed by atoms with E-state index in [1.165, 1.54) is 0 Å².